The second-order valence-corrected chi connectivity index (χ2v) is 5.02. The summed E-state index contributed by atoms with van der Waals surface area (Å²) in [6, 6.07) is 1.14. The van der Waals surface area contributed by atoms with Crippen LogP contribution in [0.4, 0.5) is 0 Å². The van der Waals surface area contributed by atoms with Gasteiger partial charge in [0.2, 0.25) is 0 Å². The molecule has 4 nitrogen and oxygen atoms in total. The Kier molecular flexibility index (Phi) is 5.22. The summed E-state index contributed by atoms with van der Waals surface area (Å²) < 4.78 is 11.3. The Morgan fingerprint density at radius 1 is 1.29 bits per heavy atom. The van der Waals surface area contributed by atoms with Gasteiger partial charge < -0.3 is 14.8 Å². The molecule has 0 aromatic rings. The summed E-state index contributed by atoms with van der Waals surface area (Å²) in [7, 11) is 2.07. The van der Waals surface area contributed by atoms with Crippen molar-refractivity contribution in [3.05, 3.63) is 0 Å². The molecular formula is C13H26N2O2. The van der Waals surface area contributed by atoms with Gasteiger partial charge in [-0.3, -0.25) is 4.90 Å². The van der Waals surface area contributed by atoms with Crippen LogP contribution in [0.25, 0.3) is 0 Å². The normalized spacial score (nSPS) is 32.8. The minimum absolute atomic E-state index is 0.480. The van der Waals surface area contributed by atoms with Crippen molar-refractivity contribution >= 4 is 0 Å². The summed E-state index contributed by atoms with van der Waals surface area (Å²) in [4.78, 5) is 2.58. The lowest BCUT2D eigenvalue weighted by Crippen LogP contribution is -2.56. The summed E-state index contributed by atoms with van der Waals surface area (Å²) in [6.45, 7) is 7.00. The summed E-state index contributed by atoms with van der Waals surface area (Å²) in [5.74, 6) is 0. The lowest BCUT2D eigenvalue weighted by atomic mass is 9.98. The predicted octanol–water partition coefficient (Wildman–Crippen LogP) is 0.864. The molecule has 2 aliphatic rings. The third kappa shape index (κ3) is 3.41. The topological polar surface area (TPSA) is 33.7 Å². The maximum absolute atomic E-state index is 5.70. The predicted molar refractivity (Wildman–Crippen MR) is 68.3 cm³/mol. The van der Waals surface area contributed by atoms with E-state index in [1.807, 2.05) is 0 Å². The van der Waals surface area contributed by atoms with Gasteiger partial charge in [-0.2, -0.15) is 0 Å². The number of ether oxygens (including phenoxy) is 2. The molecule has 0 aromatic heterocycles. The molecule has 2 atom stereocenters. The highest BCUT2D eigenvalue weighted by Crippen LogP contribution is 2.20. The molecule has 2 aliphatic heterocycles. The number of hydrogen-bond donors (Lipinski definition) is 1. The van der Waals surface area contributed by atoms with Crippen LogP contribution in [0, 0.1) is 0 Å². The first kappa shape index (κ1) is 13.3. The fraction of sp³-hybridized carbons (Fsp3) is 1.00. The van der Waals surface area contributed by atoms with Crippen LogP contribution in [-0.2, 0) is 9.47 Å². The van der Waals surface area contributed by atoms with E-state index in [4.69, 9.17) is 9.47 Å². The van der Waals surface area contributed by atoms with Crippen molar-refractivity contribution in [2.75, 3.05) is 40.0 Å². The quantitative estimate of drug-likeness (QED) is 0.793. The lowest BCUT2D eigenvalue weighted by Gasteiger charge is -2.42. The molecule has 0 aromatic carbocycles. The summed E-state index contributed by atoms with van der Waals surface area (Å²) in [5, 5.41) is 3.43. The van der Waals surface area contributed by atoms with Gasteiger partial charge >= 0.3 is 0 Å². The molecule has 0 spiro atoms. The van der Waals surface area contributed by atoms with Crippen molar-refractivity contribution in [1.29, 1.82) is 0 Å². The highest BCUT2D eigenvalue weighted by Gasteiger charge is 2.32. The van der Waals surface area contributed by atoms with Crippen LogP contribution >= 0.6 is 0 Å². The van der Waals surface area contributed by atoms with Gasteiger partial charge in [-0.15, -0.1) is 0 Å². The van der Waals surface area contributed by atoms with Gasteiger partial charge in [0.25, 0.3) is 0 Å². The minimum atomic E-state index is 0.480. The molecule has 2 heterocycles. The van der Waals surface area contributed by atoms with Gasteiger partial charge in [0.1, 0.15) is 0 Å². The summed E-state index contributed by atoms with van der Waals surface area (Å²) in [5.41, 5.74) is 0. The number of piperidine rings is 1. The van der Waals surface area contributed by atoms with Gasteiger partial charge in [-0.25, -0.2) is 0 Å². The largest absolute Gasteiger partial charge is 0.380 e. The van der Waals surface area contributed by atoms with Crippen LogP contribution < -0.4 is 5.32 Å². The number of nitrogens with zero attached hydrogens (tertiary/aromatic N) is 1. The Morgan fingerprint density at radius 2 is 2.06 bits per heavy atom. The van der Waals surface area contributed by atoms with Crippen LogP contribution in [0.1, 0.15) is 26.2 Å². The monoisotopic (exact) mass is 242 g/mol. The molecule has 4 heteroatoms. The van der Waals surface area contributed by atoms with E-state index in [1.165, 1.54) is 12.8 Å². The minimum Gasteiger partial charge on any atom is -0.380 e. The molecule has 0 bridgehead atoms. The van der Waals surface area contributed by atoms with Crippen molar-refractivity contribution in [2.45, 2.75) is 44.4 Å². The zero-order valence-electron chi connectivity index (χ0n) is 11.2. The van der Waals surface area contributed by atoms with Gasteiger partial charge in [0, 0.05) is 38.4 Å². The first-order valence-corrected chi connectivity index (χ1v) is 6.95. The smallest absolute Gasteiger partial charge is 0.0637 e. The average molecular weight is 242 g/mol. The first-order valence-electron chi connectivity index (χ1n) is 6.95. The van der Waals surface area contributed by atoms with E-state index in [1.54, 1.807) is 0 Å². The van der Waals surface area contributed by atoms with Gasteiger partial charge in [0.15, 0.2) is 0 Å². The van der Waals surface area contributed by atoms with E-state index >= 15 is 0 Å². The number of likely N-dealkylation sites (N-methyl/N-ethyl adjacent to an activating group) is 1. The van der Waals surface area contributed by atoms with E-state index in [0.29, 0.717) is 18.2 Å². The lowest BCUT2D eigenvalue weighted by molar-refractivity contribution is -0.0389. The molecule has 100 valence electrons. The number of nitrogens with one attached hydrogen (secondary N) is 1. The molecule has 2 rings (SSSR count). The highest BCUT2D eigenvalue weighted by molar-refractivity contribution is 4.89. The standard InChI is InChI=1S/C13H26N2O2/c1-3-17-11-4-7-15(8-5-11)13-10-16-9-6-12(13)14-2/h11-14H,3-10H2,1-2H3. The van der Waals surface area contributed by atoms with Gasteiger partial charge in [0.05, 0.1) is 12.7 Å². The Morgan fingerprint density at radius 3 is 2.71 bits per heavy atom. The molecule has 0 saturated carbocycles. The van der Waals surface area contributed by atoms with Crippen LogP contribution in [0.5, 0.6) is 0 Å². The molecule has 2 fully saturated rings. The molecule has 2 unspecified atom stereocenters. The van der Waals surface area contributed by atoms with E-state index in [0.717, 1.165) is 39.3 Å². The second kappa shape index (κ2) is 6.69. The molecule has 0 radical (unpaired) electrons. The first-order chi connectivity index (χ1) is 8.35. The fourth-order valence-electron chi connectivity index (χ4n) is 3.03. The third-order valence-corrected chi connectivity index (χ3v) is 4.05. The Labute approximate surface area is 105 Å². The maximum Gasteiger partial charge on any atom is 0.0637 e. The Hall–Kier alpha value is -0.160. The van der Waals surface area contributed by atoms with Crippen molar-refractivity contribution in [3.63, 3.8) is 0 Å². The zero-order chi connectivity index (χ0) is 12.1. The van der Waals surface area contributed by atoms with Crippen molar-refractivity contribution in [1.82, 2.24) is 10.2 Å². The molecule has 2 saturated heterocycles. The fourth-order valence-corrected chi connectivity index (χ4v) is 3.03. The van der Waals surface area contributed by atoms with E-state index in [2.05, 4.69) is 24.2 Å². The van der Waals surface area contributed by atoms with Crippen LogP contribution in [0.3, 0.4) is 0 Å². The zero-order valence-corrected chi connectivity index (χ0v) is 11.2. The van der Waals surface area contributed by atoms with Gasteiger partial charge in [-0.1, -0.05) is 0 Å². The second-order valence-electron chi connectivity index (χ2n) is 5.02. The van der Waals surface area contributed by atoms with E-state index in [9.17, 15) is 0 Å². The number of likely N-dealkylation sites (tertiary alicyclic amines) is 1. The molecule has 0 aliphatic carbocycles. The molecule has 17 heavy (non-hydrogen) atoms. The summed E-state index contributed by atoms with van der Waals surface area (Å²) in [6.07, 6.45) is 3.95. The Balaban J connectivity index is 1.82. The number of rotatable bonds is 4. The molecule has 1 N–H and O–H groups in total. The molecular weight excluding hydrogens is 216 g/mol. The Bertz CT molecular complexity index is 217. The van der Waals surface area contributed by atoms with Crippen LogP contribution in [-0.4, -0.2) is 63.0 Å². The highest BCUT2D eigenvalue weighted by atomic mass is 16.5. The van der Waals surface area contributed by atoms with E-state index in [-0.39, 0.29) is 0 Å². The van der Waals surface area contributed by atoms with Crippen molar-refractivity contribution < 1.29 is 9.47 Å². The maximum atomic E-state index is 5.70. The van der Waals surface area contributed by atoms with E-state index < -0.39 is 0 Å². The summed E-state index contributed by atoms with van der Waals surface area (Å²) >= 11 is 0. The number of hydrogen-bond acceptors (Lipinski definition) is 4. The van der Waals surface area contributed by atoms with Crippen LogP contribution in [0.15, 0.2) is 0 Å². The molecule has 0 amide bonds. The van der Waals surface area contributed by atoms with Gasteiger partial charge in [-0.05, 0) is 33.2 Å². The average Bonchev–Trinajstić information content (AvgIpc) is 2.40. The van der Waals surface area contributed by atoms with Crippen LogP contribution in [0.2, 0.25) is 0 Å². The van der Waals surface area contributed by atoms with Crippen molar-refractivity contribution in [2.24, 2.45) is 0 Å². The van der Waals surface area contributed by atoms with Crippen molar-refractivity contribution in [3.8, 4) is 0 Å². The third-order valence-electron chi connectivity index (χ3n) is 4.05. The SMILES string of the molecule is CCOC1CCN(C2COCCC2NC)CC1.